The van der Waals surface area contributed by atoms with E-state index in [1.54, 1.807) is 30.3 Å². The van der Waals surface area contributed by atoms with Crippen LogP contribution in [0.25, 0.3) is 10.9 Å². The lowest BCUT2D eigenvalue weighted by atomic mass is 10.1. The number of ether oxygens (including phenoxy) is 1. The number of hydrogen-bond donors (Lipinski definition) is 1. The van der Waals surface area contributed by atoms with Crippen LogP contribution in [0.2, 0.25) is 5.02 Å². The fraction of sp³-hybridized carbons (Fsp3) is 0.167. The molecule has 0 radical (unpaired) electrons. The van der Waals surface area contributed by atoms with Crippen LogP contribution < -0.4 is 0 Å². The zero-order valence-corrected chi connectivity index (χ0v) is 14.5. The molecule has 3 aromatic rings. The van der Waals surface area contributed by atoms with Crippen LogP contribution in [0.5, 0.6) is 0 Å². The summed E-state index contributed by atoms with van der Waals surface area (Å²) >= 11 is 6.40. The molecule has 2 aromatic carbocycles. The minimum Gasteiger partial charge on any atom is -0.465 e. The number of aromatic nitrogens is 1. The van der Waals surface area contributed by atoms with Crippen LogP contribution in [-0.4, -0.2) is 29.1 Å². The monoisotopic (exact) mass is 376 g/mol. The third-order valence-corrected chi connectivity index (χ3v) is 4.57. The standard InChI is InChI=1S/C18H15ClN2O5/c1-26-18(23)12-4-2-11(3-5-12)9-20-15-7-6-13(21(24)25)8-14(15)17(19)16(20)10-22/h2-8,22H,9-10H2,1H3/i22T. The van der Waals surface area contributed by atoms with Crippen molar-refractivity contribution in [3.8, 4) is 0 Å². The van der Waals surface area contributed by atoms with Crippen molar-refractivity contribution in [2.75, 3.05) is 7.11 Å². The van der Waals surface area contributed by atoms with Crippen molar-refractivity contribution in [3.63, 3.8) is 0 Å². The minimum atomic E-state index is -0.487. The number of nitro benzene ring substituents is 1. The van der Waals surface area contributed by atoms with E-state index in [-0.39, 0.29) is 12.3 Å². The molecular formula is C18H15ClN2O5. The van der Waals surface area contributed by atoms with E-state index in [9.17, 15) is 14.9 Å². The first kappa shape index (κ1) is 16.6. The fourth-order valence-electron chi connectivity index (χ4n) is 2.84. The maximum Gasteiger partial charge on any atom is 0.337 e. The number of nitrogens with zero attached hydrogens (tertiary/aromatic N) is 2. The minimum absolute atomic E-state index is 0.0673. The molecule has 0 aliphatic carbocycles. The van der Waals surface area contributed by atoms with Gasteiger partial charge in [0.05, 0.1) is 40.4 Å². The summed E-state index contributed by atoms with van der Waals surface area (Å²) in [6, 6.07) is 11.3. The lowest BCUT2D eigenvalue weighted by Gasteiger charge is -2.10. The molecular weight excluding hydrogens is 360 g/mol. The second kappa shape index (κ2) is 7.15. The van der Waals surface area contributed by atoms with E-state index >= 15 is 0 Å². The second-order valence-corrected chi connectivity index (χ2v) is 6.02. The Bertz CT molecular complexity index is 1020. The van der Waals surface area contributed by atoms with Gasteiger partial charge in [-0.25, -0.2) is 4.79 Å². The molecule has 8 heteroatoms. The van der Waals surface area contributed by atoms with Crippen LogP contribution in [0, 0.1) is 10.1 Å². The zero-order valence-electron chi connectivity index (χ0n) is 14.8. The molecule has 1 heterocycles. The summed E-state index contributed by atoms with van der Waals surface area (Å²) in [4.78, 5) is 22.1. The van der Waals surface area contributed by atoms with E-state index in [2.05, 4.69) is 9.85 Å². The van der Waals surface area contributed by atoms with E-state index in [4.69, 9.17) is 13.0 Å². The molecule has 134 valence electrons. The van der Waals surface area contributed by atoms with Crippen LogP contribution in [0.4, 0.5) is 5.69 Å². The number of hydrogen-bond acceptors (Lipinski definition) is 5. The molecule has 0 aliphatic heterocycles. The summed E-state index contributed by atoms with van der Waals surface area (Å²) in [5, 5.41) is 16.4. The van der Waals surface area contributed by atoms with Crippen molar-refractivity contribution in [2.24, 2.45) is 0 Å². The molecule has 0 bridgehead atoms. The van der Waals surface area contributed by atoms with Gasteiger partial charge in [0.15, 0.2) is 0 Å². The first-order chi connectivity index (χ1) is 13.0. The average molecular weight is 377 g/mol. The van der Waals surface area contributed by atoms with Gasteiger partial charge >= 0.3 is 5.97 Å². The van der Waals surface area contributed by atoms with Crippen LogP contribution in [0.3, 0.4) is 0 Å². The average Bonchev–Trinajstić information content (AvgIpc) is 2.93. The summed E-state index contributed by atoms with van der Waals surface area (Å²) in [6.45, 7) is 0.322. The van der Waals surface area contributed by atoms with E-state index in [0.29, 0.717) is 33.7 Å². The predicted molar refractivity (Wildman–Crippen MR) is 96.4 cm³/mol. The molecule has 7 nitrogen and oxygen atoms in total. The smallest absolute Gasteiger partial charge is 0.337 e. The van der Waals surface area contributed by atoms with Crippen molar-refractivity contribution >= 4 is 34.2 Å². The topological polar surface area (TPSA) is 94.6 Å². The number of aliphatic hydroxyl groups is 1. The van der Waals surface area contributed by atoms with Crippen LogP contribution in [0.15, 0.2) is 42.5 Å². The Morgan fingerprint density at radius 1 is 1.35 bits per heavy atom. The third-order valence-electron chi connectivity index (χ3n) is 4.15. The van der Waals surface area contributed by atoms with Gasteiger partial charge in [0.1, 0.15) is 0 Å². The molecule has 0 aliphatic rings. The summed E-state index contributed by atoms with van der Waals surface area (Å²) in [5.41, 5.74) is 2.47. The Hall–Kier alpha value is -2.90. The summed E-state index contributed by atoms with van der Waals surface area (Å²) in [5.74, 6) is -0.424. The van der Waals surface area contributed by atoms with Gasteiger partial charge in [-0.3, -0.25) is 10.1 Å². The van der Waals surface area contributed by atoms with Gasteiger partial charge < -0.3 is 14.4 Å². The van der Waals surface area contributed by atoms with Gasteiger partial charge in [-0.05, 0) is 23.8 Å². The number of carbonyl (C=O) groups excluding carboxylic acids is 1. The zero-order chi connectivity index (χ0) is 19.6. The Balaban J connectivity index is 2.05. The summed E-state index contributed by atoms with van der Waals surface area (Å²) < 4.78 is 13.6. The van der Waals surface area contributed by atoms with Crippen molar-refractivity contribution in [2.45, 2.75) is 13.2 Å². The highest BCUT2D eigenvalue weighted by atomic mass is 35.5. The van der Waals surface area contributed by atoms with Gasteiger partial charge in [-0.2, -0.15) is 0 Å². The number of nitro groups is 1. The van der Waals surface area contributed by atoms with E-state index in [1.807, 2.05) is 4.57 Å². The molecule has 0 amide bonds. The molecule has 0 saturated carbocycles. The number of carbonyl (C=O) groups is 1. The molecule has 1 aromatic heterocycles. The van der Waals surface area contributed by atoms with Crippen molar-refractivity contribution in [3.05, 3.63) is 74.4 Å². The van der Waals surface area contributed by atoms with Gasteiger partial charge in [0.2, 0.25) is 1.43 Å². The second-order valence-electron chi connectivity index (χ2n) is 5.64. The number of rotatable bonds is 6. The number of benzene rings is 2. The maximum absolute atomic E-state index is 11.6. The number of aliphatic hydroxyl groups excluding tert-OH is 1. The number of methoxy groups -OCH3 is 1. The Kier molecular flexibility index (Phi) is 4.55. The lowest BCUT2D eigenvalue weighted by Crippen LogP contribution is -2.06. The van der Waals surface area contributed by atoms with Crippen LogP contribution >= 0.6 is 11.6 Å². The molecule has 0 unspecified atom stereocenters. The van der Waals surface area contributed by atoms with Gasteiger partial charge in [-0.1, -0.05) is 23.7 Å². The first-order valence-electron chi connectivity index (χ1n) is 8.07. The number of esters is 1. The molecule has 26 heavy (non-hydrogen) atoms. The lowest BCUT2D eigenvalue weighted by molar-refractivity contribution is -0.384. The number of non-ortho nitro benzene ring substituents is 1. The largest absolute Gasteiger partial charge is 0.465 e. The molecule has 0 saturated heterocycles. The van der Waals surface area contributed by atoms with Crippen molar-refractivity contribution in [1.29, 1.82) is 1.43 Å². The molecule has 3 rings (SSSR count). The number of fused-ring (bicyclic) bond motifs is 1. The fourth-order valence-corrected chi connectivity index (χ4v) is 3.14. The van der Waals surface area contributed by atoms with Gasteiger partial charge in [0, 0.05) is 24.1 Å². The summed E-state index contributed by atoms with van der Waals surface area (Å²) in [7, 11) is 1.32. The number of halogens is 1. The predicted octanol–water partition coefficient (Wildman–Crippen LogP) is 3.53. The molecule has 1 N–H and O–H groups in total. The Morgan fingerprint density at radius 2 is 2.08 bits per heavy atom. The maximum atomic E-state index is 11.6. The quantitative estimate of drug-likeness (QED) is 0.403. The van der Waals surface area contributed by atoms with Crippen molar-refractivity contribution < 1.29 is 19.6 Å². The van der Waals surface area contributed by atoms with Gasteiger partial charge in [0.25, 0.3) is 5.69 Å². The van der Waals surface area contributed by atoms with E-state index in [0.717, 1.165) is 5.56 Å². The molecule has 0 atom stereocenters. The van der Waals surface area contributed by atoms with Crippen LogP contribution in [0.1, 0.15) is 21.6 Å². The SMILES string of the molecule is [3H]OCc1c(Cl)c2cc([N+](=O)[O-])ccc2n1Cc1ccc(C(=O)OC)cc1. The summed E-state index contributed by atoms with van der Waals surface area (Å²) in [6.07, 6.45) is 0. The normalized spacial score (nSPS) is 11.4. The molecule has 0 fully saturated rings. The Morgan fingerprint density at radius 3 is 2.69 bits per heavy atom. The van der Waals surface area contributed by atoms with Gasteiger partial charge in [-0.15, -0.1) is 0 Å². The van der Waals surface area contributed by atoms with E-state index in [1.165, 1.54) is 19.2 Å². The Labute approximate surface area is 155 Å². The third kappa shape index (κ3) is 3.14. The highest BCUT2D eigenvalue weighted by Crippen LogP contribution is 2.34. The highest BCUT2D eigenvalue weighted by Gasteiger charge is 2.18. The van der Waals surface area contributed by atoms with E-state index < -0.39 is 10.9 Å². The van der Waals surface area contributed by atoms with Crippen LogP contribution in [-0.2, 0) is 17.9 Å². The molecule has 0 spiro atoms. The first-order valence-corrected chi connectivity index (χ1v) is 8.04. The van der Waals surface area contributed by atoms with Crippen molar-refractivity contribution in [1.82, 2.24) is 4.57 Å². The highest BCUT2D eigenvalue weighted by molar-refractivity contribution is 6.36.